The highest BCUT2D eigenvalue weighted by Crippen LogP contribution is 2.49. The highest BCUT2D eigenvalue weighted by molar-refractivity contribution is 7.81. The molecule has 164 valence electrons. The third-order valence-corrected chi connectivity index (χ3v) is 6.88. The van der Waals surface area contributed by atoms with E-state index in [2.05, 4.69) is 10.2 Å². The van der Waals surface area contributed by atoms with Gasteiger partial charge >= 0.3 is 0 Å². The SMILES string of the molecule is [C-]#[N+]c1ccc(N2C(=O)C3(CCC3)N(c3ccc(C(=O)NC)c(F)c3)C2=S)c2ccccc12. The first-order valence-electron chi connectivity index (χ1n) is 10.5. The fourth-order valence-electron chi connectivity index (χ4n) is 4.71. The number of halogens is 1. The van der Waals surface area contributed by atoms with Crippen LogP contribution in [0, 0.1) is 12.4 Å². The van der Waals surface area contributed by atoms with Crippen LogP contribution in [0.2, 0.25) is 0 Å². The molecule has 1 heterocycles. The Labute approximate surface area is 195 Å². The van der Waals surface area contributed by atoms with E-state index in [9.17, 15) is 14.0 Å². The lowest BCUT2D eigenvalue weighted by Crippen LogP contribution is -2.55. The number of anilines is 2. The van der Waals surface area contributed by atoms with Crippen molar-refractivity contribution in [1.82, 2.24) is 5.32 Å². The van der Waals surface area contributed by atoms with Gasteiger partial charge in [0.15, 0.2) is 10.8 Å². The maximum Gasteiger partial charge on any atom is 0.259 e. The summed E-state index contributed by atoms with van der Waals surface area (Å²) in [6.45, 7) is 7.46. The molecule has 1 saturated heterocycles. The summed E-state index contributed by atoms with van der Waals surface area (Å²) in [4.78, 5) is 32.5. The van der Waals surface area contributed by atoms with Crippen molar-refractivity contribution in [1.29, 1.82) is 0 Å². The summed E-state index contributed by atoms with van der Waals surface area (Å²) >= 11 is 5.80. The third kappa shape index (κ3) is 2.93. The van der Waals surface area contributed by atoms with Crippen molar-refractivity contribution < 1.29 is 14.0 Å². The zero-order chi connectivity index (χ0) is 23.3. The molecule has 5 rings (SSSR count). The molecule has 0 bridgehead atoms. The number of hydrogen-bond acceptors (Lipinski definition) is 3. The zero-order valence-corrected chi connectivity index (χ0v) is 18.6. The Bertz CT molecular complexity index is 1390. The van der Waals surface area contributed by atoms with E-state index in [1.165, 1.54) is 24.1 Å². The molecule has 0 aromatic heterocycles. The van der Waals surface area contributed by atoms with E-state index in [1.54, 1.807) is 23.1 Å². The molecule has 2 amide bonds. The van der Waals surface area contributed by atoms with E-state index in [1.807, 2.05) is 24.3 Å². The zero-order valence-electron chi connectivity index (χ0n) is 17.8. The van der Waals surface area contributed by atoms with Gasteiger partial charge in [0.05, 0.1) is 17.8 Å². The van der Waals surface area contributed by atoms with E-state index in [4.69, 9.17) is 18.8 Å². The minimum Gasteiger partial charge on any atom is -0.355 e. The van der Waals surface area contributed by atoms with Crippen molar-refractivity contribution >= 4 is 57.0 Å². The number of hydrogen-bond donors (Lipinski definition) is 1. The molecule has 3 aromatic carbocycles. The summed E-state index contributed by atoms with van der Waals surface area (Å²) < 4.78 is 14.8. The molecule has 1 saturated carbocycles. The molecule has 2 aliphatic rings. The predicted octanol–water partition coefficient (Wildman–Crippen LogP) is 4.95. The second-order valence-electron chi connectivity index (χ2n) is 8.15. The highest BCUT2D eigenvalue weighted by Gasteiger charge is 2.59. The van der Waals surface area contributed by atoms with Gasteiger partial charge in [0.25, 0.3) is 11.8 Å². The number of nitrogens with one attached hydrogen (secondary N) is 1. The number of nitrogens with zero attached hydrogens (tertiary/aromatic N) is 3. The van der Waals surface area contributed by atoms with Crippen LogP contribution in [-0.4, -0.2) is 29.5 Å². The molecular weight excluding hydrogens is 439 g/mol. The number of carbonyl (C=O) groups excluding carboxylic acids is 2. The molecule has 0 unspecified atom stereocenters. The third-order valence-electron chi connectivity index (χ3n) is 6.51. The van der Waals surface area contributed by atoms with Gasteiger partial charge in [-0.05, 0) is 66.5 Å². The number of carbonyl (C=O) groups is 2. The molecule has 6 nitrogen and oxygen atoms in total. The first-order chi connectivity index (χ1) is 15.9. The average Bonchev–Trinajstić information content (AvgIpc) is 3.04. The van der Waals surface area contributed by atoms with Crippen molar-refractivity contribution in [3.05, 3.63) is 77.4 Å². The van der Waals surface area contributed by atoms with Crippen molar-refractivity contribution in [2.24, 2.45) is 0 Å². The van der Waals surface area contributed by atoms with Crippen molar-refractivity contribution in [3.63, 3.8) is 0 Å². The largest absolute Gasteiger partial charge is 0.355 e. The standard InChI is InChI=1S/C25H19FN4O2S/c1-27-20-10-11-21(17-7-4-3-6-16(17)20)29-23(32)25(12-5-13-25)30(24(29)33)15-8-9-18(19(26)14-15)22(31)28-2/h3-4,6-11,14H,5,12-13H2,2H3,(H,28,31). The summed E-state index contributed by atoms with van der Waals surface area (Å²) in [5.41, 5.74) is 0.580. The van der Waals surface area contributed by atoms with Crippen LogP contribution in [0.4, 0.5) is 21.5 Å². The molecule has 8 heteroatoms. The minimum absolute atomic E-state index is 0.0714. The Hall–Kier alpha value is -3.83. The van der Waals surface area contributed by atoms with E-state index in [0.717, 1.165) is 17.2 Å². The van der Waals surface area contributed by atoms with Crippen LogP contribution < -0.4 is 15.1 Å². The molecule has 2 fully saturated rings. The lowest BCUT2D eigenvalue weighted by atomic mass is 9.75. The van der Waals surface area contributed by atoms with Crippen molar-refractivity contribution in [2.45, 2.75) is 24.8 Å². The van der Waals surface area contributed by atoms with Crippen molar-refractivity contribution in [2.75, 3.05) is 16.8 Å². The smallest absolute Gasteiger partial charge is 0.259 e. The Morgan fingerprint density at radius 1 is 1.15 bits per heavy atom. The number of fused-ring (bicyclic) bond motifs is 1. The number of rotatable bonds is 3. The van der Waals surface area contributed by atoms with Crippen LogP contribution in [0.3, 0.4) is 0 Å². The van der Waals surface area contributed by atoms with Crippen LogP contribution in [-0.2, 0) is 4.79 Å². The van der Waals surface area contributed by atoms with Crippen LogP contribution in [0.5, 0.6) is 0 Å². The molecule has 1 spiro atoms. The summed E-state index contributed by atoms with van der Waals surface area (Å²) in [7, 11) is 1.44. The fraction of sp³-hybridized carbons (Fsp3) is 0.200. The minimum atomic E-state index is -0.877. The number of benzene rings is 3. The maximum absolute atomic E-state index is 14.8. The topological polar surface area (TPSA) is 57.0 Å². The van der Waals surface area contributed by atoms with Crippen LogP contribution >= 0.6 is 12.2 Å². The second-order valence-corrected chi connectivity index (χ2v) is 8.51. The summed E-state index contributed by atoms with van der Waals surface area (Å²) in [5, 5.41) is 4.16. The van der Waals surface area contributed by atoms with Gasteiger partial charge in [-0.2, -0.15) is 0 Å². The molecule has 33 heavy (non-hydrogen) atoms. The van der Waals surface area contributed by atoms with Crippen LogP contribution in [0.1, 0.15) is 29.6 Å². The maximum atomic E-state index is 14.8. The number of amides is 2. The number of thiocarbonyl (C=S) groups is 1. The molecule has 1 N–H and O–H groups in total. The molecular formula is C25H19FN4O2S. The molecule has 1 aliphatic heterocycles. The summed E-state index contributed by atoms with van der Waals surface area (Å²) in [6, 6.07) is 15.1. The summed E-state index contributed by atoms with van der Waals surface area (Å²) in [6.07, 6.45) is 2.05. The van der Waals surface area contributed by atoms with Gasteiger partial charge in [-0.15, -0.1) is 0 Å². The van der Waals surface area contributed by atoms with E-state index in [0.29, 0.717) is 29.9 Å². The highest BCUT2D eigenvalue weighted by atomic mass is 32.1. The first-order valence-corrected chi connectivity index (χ1v) is 10.9. The van der Waals surface area contributed by atoms with Gasteiger partial charge in [-0.1, -0.05) is 30.3 Å². The van der Waals surface area contributed by atoms with Crippen LogP contribution in [0.25, 0.3) is 15.6 Å². The van der Waals surface area contributed by atoms with Crippen LogP contribution in [0.15, 0.2) is 54.6 Å². The average molecular weight is 459 g/mol. The van der Waals surface area contributed by atoms with E-state index < -0.39 is 17.3 Å². The first kappa shape index (κ1) is 21.0. The molecule has 1 aliphatic carbocycles. The Balaban J connectivity index is 1.64. The second kappa shape index (κ2) is 7.64. The van der Waals surface area contributed by atoms with Gasteiger partial charge in [0.1, 0.15) is 11.4 Å². The molecule has 3 aromatic rings. The van der Waals surface area contributed by atoms with Crippen molar-refractivity contribution in [3.8, 4) is 0 Å². The van der Waals surface area contributed by atoms with E-state index in [-0.39, 0.29) is 16.6 Å². The lowest BCUT2D eigenvalue weighted by molar-refractivity contribution is -0.123. The fourth-order valence-corrected chi connectivity index (χ4v) is 5.18. The molecule has 0 atom stereocenters. The quantitative estimate of drug-likeness (QED) is 0.446. The van der Waals surface area contributed by atoms with Gasteiger partial charge in [-0.25, -0.2) is 9.24 Å². The normalized spacial score (nSPS) is 16.8. The van der Waals surface area contributed by atoms with Gasteiger partial charge in [-0.3, -0.25) is 14.5 Å². The summed E-state index contributed by atoms with van der Waals surface area (Å²) in [5.74, 6) is -1.36. The monoisotopic (exact) mass is 458 g/mol. The Kier molecular flexibility index (Phi) is 4.87. The van der Waals surface area contributed by atoms with Gasteiger partial charge < -0.3 is 10.2 Å². The molecule has 0 radical (unpaired) electrons. The lowest BCUT2D eigenvalue weighted by Gasteiger charge is -2.43. The van der Waals surface area contributed by atoms with Gasteiger partial charge in [0.2, 0.25) is 0 Å². The predicted molar refractivity (Wildman–Crippen MR) is 129 cm³/mol. The Morgan fingerprint density at radius 3 is 2.48 bits per heavy atom. The Morgan fingerprint density at radius 2 is 1.88 bits per heavy atom. The van der Waals surface area contributed by atoms with E-state index >= 15 is 0 Å². The van der Waals surface area contributed by atoms with Gasteiger partial charge in [0, 0.05) is 12.7 Å².